The van der Waals surface area contributed by atoms with E-state index in [2.05, 4.69) is 13.0 Å². The number of rotatable bonds is 4. The number of benzene rings is 1. The van der Waals surface area contributed by atoms with Crippen molar-refractivity contribution in [3.63, 3.8) is 0 Å². The molecular weight excluding hydrogens is 368 g/mol. The van der Waals surface area contributed by atoms with Crippen LogP contribution < -0.4 is 0 Å². The maximum absolute atomic E-state index is 11.5. The van der Waals surface area contributed by atoms with Gasteiger partial charge >= 0.3 is 6.09 Å². The number of likely N-dealkylation sites (N-methyl/N-ethyl adjacent to an activating group) is 1. The first-order valence-corrected chi connectivity index (χ1v) is 10.2. The molecule has 0 aromatic heterocycles. The molecule has 1 aliphatic heterocycles. The first-order chi connectivity index (χ1) is 12.6. The first-order valence-electron chi connectivity index (χ1n) is 8.82. The van der Waals surface area contributed by atoms with Crippen LogP contribution in [0.5, 0.6) is 0 Å². The minimum atomic E-state index is -4.27. The Labute approximate surface area is 162 Å². The van der Waals surface area contributed by atoms with Crippen molar-refractivity contribution < 1.29 is 27.0 Å². The Morgan fingerprint density at radius 1 is 1.30 bits per heavy atom. The second kappa shape index (κ2) is 10.3. The summed E-state index contributed by atoms with van der Waals surface area (Å²) in [5.74, 6) is 2.67. The van der Waals surface area contributed by atoms with Gasteiger partial charge in [0.05, 0.1) is 57.7 Å². The van der Waals surface area contributed by atoms with E-state index >= 15 is 0 Å². The van der Waals surface area contributed by atoms with Crippen LogP contribution in [0.15, 0.2) is 29.2 Å². The van der Waals surface area contributed by atoms with Crippen molar-refractivity contribution in [3.8, 4) is 12.3 Å². The van der Waals surface area contributed by atoms with Crippen molar-refractivity contribution in [3.05, 3.63) is 29.8 Å². The van der Waals surface area contributed by atoms with E-state index in [4.69, 9.17) is 11.2 Å². The van der Waals surface area contributed by atoms with Gasteiger partial charge in [-0.15, -0.1) is 12.3 Å². The number of nitrogens with zero attached hydrogens (tertiary/aromatic N) is 2. The molecule has 0 aliphatic carbocycles. The van der Waals surface area contributed by atoms with Gasteiger partial charge in [-0.1, -0.05) is 17.7 Å². The van der Waals surface area contributed by atoms with Gasteiger partial charge in [0, 0.05) is 0 Å². The van der Waals surface area contributed by atoms with Crippen LogP contribution in [0, 0.1) is 19.3 Å². The molecule has 1 heterocycles. The van der Waals surface area contributed by atoms with E-state index in [0.29, 0.717) is 6.61 Å². The Morgan fingerprint density at radius 3 is 2.30 bits per heavy atom. The maximum Gasteiger partial charge on any atom is 0.410 e. The molecule has 1 aliphatic rings. The molecule has 0 spiro atoms. The Morgan fingerprint density at radius 2 is 1.85 bits per heavy atom. The fraction of sp³-hybridized carbons (Fsp3) is 0.526. The van der Waals surface area contributed by atoms with Gasteiger partial charge in [0.2, 0.25) is 0 Å². The number of carbonyl (C=O) groups is 1. The smallest absolute Gasteiger partial charge is 0.410 e. The number of aryl methyl sites for hydroxylation is 1. The van der Waals surface area contributed by atoms with Crippen molar-refractivity contribution in [2.24, 2.45) is 0 Å². The number of hydrogen-bond donors (Lipinski definition) is 0. The molecule has 1 aromatic carbocycles. The number of hydrogen-bond acceptors (Lipinski definition) is 5. The Kier molecular flexibility index (Phi) is 8.76. The quantitative estimate of drug-likeness (QED) is 0.440. The van der Waals surface area contributed by atoms with Gasteiger partial charge in [-0.2, -0.15) is 0 Å². The predicted octanol–water partition coefficient (Wildman–Crippen LogP) is 1.83. The van der Waals surface area contributed by atoms with Crippen molar-refractivity contribution >= 4 is 16.2 Å². The lowest BCUT2D eigenvalue weighted by molar-refractivity contribution is -0.912. The predicted molar refractivity (Wildman–Crippen MR) is 102 cm³/mol. The second-order valence-electron chi connectivity index (χ2n) is 6.70. The SMILES string of the molecule is C#CCC[N+]1(C)CCN(C(=O)OCC)CC1.Cc1ccc(S(=O)(=O)[O-])cc1. The highest BCUT2D eigenvalue weighted by atomic mass is 32.2. The standard InChI is InChI=1S/C12H21N2O2.C7H8O3S/c1-4-6-9-14(3)10-7-13(8-11-14)12(15)16-5-2;1-6-2-4-7(5-3-6)11(8,9)10/h1H,5-11H2,2-3H3;2-5H,1H3,(H,8,9,10)/q+1;/p-1. The third-order valence-electron chi connectivity index (χ3n) is 4.45. The van der Waals surface area contributed by atoms with Crippen LogP contribution in [0.3, 0.4) is 0 Å². The molecule has 2 rings (SSSR count). The van der Waals surface area contributed by atoms with Crippen LogP contribution in [0.4, 0.5) is 4.79 Å². The van der Waals surface area contributed by atoms with Gasteiger partial charge < -0.3 is 13.8 Å². The fourth-order valence-electron chi connectivity index (χ4n) is 2.61. The number of carbonyl (C=O) groups excluding carboxylic acids is 1. The molecule has 27 heavy (non-hydrogen) atoms. The summed E-state index contributed by atoms with van der Waals surface area (Å²) in [6.07, 6.45) is 5.89. The monoisotopic (exact) mass is 396 g/mol. The fourth-order valence-corrected chi connectivity index (χ4v) is 3.08. The molecular formula is C19H28N2O5S. The lowest BCUT2D eigenvalue weighted by atomic mass is 10.2. The zero-order valence-electron chi connectivity index (χ0n) is 16.2. The topological polar surface area (TPSA) is 86.7 Å². The normalized spacial score (nSPS) is 15.9. The number of ether oxygens (including phenoxy) is 1. The van der Waals surface area contributed by atoms with Crippen molar-refractivity contribution in [1.82, 2.24) is 4.90 Å². The average molecular weight is 397 g/mol. The molecule has 1 amide bonds. The average Bonchev–Trinajstić information content (AvgIpc) is 2.61. The summed E-state index contributed by atoms with van der Waals surface area (Å²) in [6.45, 7) is 8.53. The number of amides is 1. The molecule has 8 heteroatoms. The Bertz CT molecular complexity index is 745. The lowest BCUT2D eigenvalue weighted by Crippen LogP contribution is -2.58. The van der Waals surface area contributed by atoms with Gasteiger partial charge in [0.25, 0.3) is 0 Å². The van der Waals surface area contributed by atoms with E-state index in [1.807, 2.05) is 13.8 Å². The minimum Gasteiger partial charge on any atom is -0.744 e. The van der Waals surface area contributed by atoms with Gasteiger partial charge in [-0.05, 0) is 26.0 Å². The minimum absolute atomic E-state index is 0.178. The zero-order valence-corrected chi connectivity index (χ0v) is 17.0. The van der Waals surface area contributed by atoms with E-state index in [1.54, 1.807) is 17.0 Å². The highest BCUT2D eigenvalue weighted by Crippen LogP contribution is 2.12. The molecule has 7 nitrogen and oxygen atoms in total. The van der Waals surface area contributed by atoms with Crippen LogP contribution in [0.1, 0.15) is 18.9 Å². The van der Waals surface area contributed by atoms with Gasteiger partial charge in [0.1, 0.15) is 10.1 Å². The number of terminal acetylenes is 1. The number of quaternary nitrogens is 1. The molecule has 1 fully saturated rings. The van der Waals surface area contributed by atoms with Crippen molar-refractivity contribution in [1.29, 1.82) is 0 Å². The summed E-state index contributed by atoms with van der Waals surface area (Å²) < 4.78 is 37.1. The molecule has 0 atom stereocenters. The summed E-state index contributed by atoms with van der Waals surface area (Å²) in [6, 6.07) is 5.78. The summed E-state index contributed by atoms with van der Waals surface area (Å²) in [4.78, 5) is 13.1. The van der Waals surface area contributed by atoms with Crippen molar-refractivity contribution in [2.45, 2.75) is 25.2 Å². The van der Waals surface area contributed by atoms with Gasteiger partial charge in [-0.25, -0.2) is 13.2 Å². The summed E-state index contributed by atoms with van der Waals surface area (Å²) in [5.41, 5.74) is 0.928. The third kappa shape index (κ3) is 7.99. The molecule has 150 valence electrons. The van der Waals surface area contributed by atoms with E-state index in [-0.39, 0.29) is 11.0 Å². The summed E-state index contributed by atoms with van der Waals surface area (Å²) in [7, 11) is -2.08. The molecule has 0 unspecified atom stereocenters. The van der Waals surface area contributed by atoms with E-state index in [0.717, 1.165) is 49.2 Å². The number of piperazine rings is 1. The lowest BCUT2D eigenvalue weighted by Gasteiger charge is -2.41. The second-order valence-corrected chi connectivity index (χ2v) is 8.08. The molecule has 0 N–H and O–H groups in total. The van der Waals surface area contributed by atoms with Crippen LogP contribution in [-0.2, 0) is 14.9 Å². The maximum atomic E-state index is 11.5. The van der Waals surface area contributed by atoms with Crippen LogP contribution in [0.25, 0.3) is 0 Å². The molecule has 0 saturated carbocycles. The van der Waals surface area contributed by atoms with Crippen molar-refractivity contribution in [2.75, 3.05) is 46.4 Å². The molecule has 1 saturated heterocycles. The Balaban J connectivity index is 0.000000289. The molecule has 1 aromatic rings. The van der Waals surface area contributed by atoms with E-state index in [9.17, 15) is 17.8 Å². The summed E-state index contributed by atoms with van der Waals surface area (Å²) >= 11 is 0. The van der Waals surface area contributed by atoms with Gasteiger partial charge in [-0.3, -0.25) is 4.90 Å². The first kappa shape index (κ1) is 23.0. The van der Waals surface area contributed by atoms with Crippen LogP contribution in [-0.4, -0.2) is 74.8 Å². The largest absolute Gasteiger partial charge is 0.744 e. The highest BCUT2D eigenvalue weighted by molar-refractivity contribution is 7.85. The highest BCUT2D eigenvalue weighted by Gasteiger charge is 2.30. The molecule has 0 radical (unpaired) electrons. The molecule has 0 bridgehead atoms. The third-order valence-corrected chi connectivity index (χ3v) is 5.30. The Hall–Kier alpha value is -2.08. The van der Waals surface area contributed by atoms with Gasteiger partial charge in [0.15, 0.2) is 0 Å². The van der Waals surface area contributed by atoms with Crippen LogP contribution in [0.2, 0.25) is 0 Å². The van der Waals surface area contributed by atoms with Crippen LogP contribution >= 0.6 is 0 Å². The van der Waals surface area contributed by atoms with E-state index in [1.165, 1.54) is 12.1 Å². The summed E-state index contributed by atoms with van der Waals surface area (Å²) in [5, 5.41) is 0. The zero-order chi connectivity index (χ0) is 20.5. The van der Waals surface area contributed by atoms with E-state index < -0.39 is 10.1 Å².